The number of phenols is 1. The van der Waals surface area contributed by atoms with Crippen molar-refractivity contribution >= 4 is 5.97 Å². The van der Waals surface area contributed by atoms with Crippen LogP contribution in [0.3, 0.4) is 0 Å². The van der Waals surface area contributed by atoms with Crippen LogP contribution in [0.2, 0.25) is 0 Å². The first kappa shape index (κ1) is 17.4. The maximum Gasteiger partial charge on any atom is 0.339 e. The summed E-state index contributed by atoms with van der Waals surface area (Å²) in [6, 6.07) is 5.81. The molecule has 0 aliphatic rings. The Labute approximate surface area is 111 Å². The van der Waals surface area contributed by atoms with Gasteiger partial charge in [-0.15, -0.1) is 0 Å². The number of aromatic carboxylic acids is 1. The van der Waals surface area contributed by atoms with Crippen molar-refractivity contribution in [2.75, 3.05) is 13.2 Å². The van der Waals surface area contributed by atoms with E-state index in [1.165, 1.54) is 12.1 Å². The van der Waals surface area contributed by atoms with E-state index in [1.807, 2.05) is 0 Å². The molecule has 0 radical (unpaired) electrons. The van der Waals surface area contributed by atoms with Gasteiger partial charge >= 0.3 is 5.97 Å². The van der Waals surface area contributed by atoms with Gasteiger partial charge in [0, 0.05) is 0 Å². The molecule has 0 aliphatic heterocycles. The van der Waals surface area contributed by atoms with Crippen molar-refractivity contribution in [1.29, 1.82) is 0 Å². The van der Waals surface area contributed by atoms with Crippen LogP contribution < -0.4 is 0 Å². The predicted molar refractivity (Wildman–Crippen MR) is 69.2 cm³/mol. The monoisotopic (exact) mass is 272 g/mol. The number of aliphatic hydroxyl groups is 2. The summed E-state index contributed by atoms with van der Waals surface area (Å²) in [5, 5.41) is 34.6. The second kappa shape index (κ2) is 9.32. The second-order valence-corrected chi connectivity index (χ2v) is 4.06. The highest BCUT2D eigenvalue weighted by atomic mass is 16.5. The van der Waals surface area contributed by atoms with Crippen LogP contribution in [0.1, 0.15) is 24.2 Å². The number of ether oxygens (including phenoxy) is 1. The van der Waals surface area contributed by atoms with E-state index in [2.05, 4.69) is 0 Å². The second-order valence-electron chi connectivity index (χ2n) is 4.06. The number of para-hydroxylation sites is 1. The molecule has 1 aromatic rings. The molecule has 2 atom stereocenters. The number of hydrogen-bond acceptors (Lipinski definition) is 5. The molecule has 2 unspecified atom stereocenters. The van der Waals surface area contributed by atoms with Crippen LogP contribution in [0.4, 0.5) is 0 Å². The molecule has 1 aromatic carbocycles. The van der Waals surface area contributed by atoms with Gasteiger partial charge < -0.3 is 25.2 Å². The number of aromatic hydroxyl groups is 1. The highest BCUT2D eigenvalue weighted by molar-refractivity contribution is 5.90. The fraction of sp³-hybridized carbons (Fsp3) is 0.462. The van der Waals surface area contributed by atoms with Gasteiger partial charge in [-0.1, -0.05) is 12.1 Å². The first-order valence-corrected chi connectivity index (χ1v) is 5.79. The molecule has 0 spiro atoms. The van der Waals surface area contributed by atoms with Crippen molar-refractivity contribution in [3.05, 3.63) is 29.8 Å². The maximum atomic E-state index is 10.3. The highest BCUT2D eigenvalue weighted by Crippen LogP contribution is 2.14. The Morgan fingerprint density at radius 3 is 1.95 bits per heavy atom. The Hall–Kier alpha value is -1.63. The van der Waals surface area contributed by atoms with E-state index in [0.29, 0.717) is 13.2 Å². The SMILES string of the molecule is CC(O)COCC(C)O.O=C(O)c1ccccc1O. The van der Waals surface area contributed by atoms with Gasteiger partial charge in [0.05, 0.1) is 25.4 Å². The molecule has 0 amide bonds. The summed E-state index contributed by atoms with van der Waals surface area (Å²) in [4.78, 5) is 10.3. The molecule has 0 saturated heterocycles. The van der Waals surface area contributed by atoms with Gasteiger partial charge in [0.1, 0.15) is 11.3 Å². The average molecular weight is 272 g/mol. The molecule has 19 heavy (non-hydrogen) atoms. The fourth-order valence-corrected chi connectivity index (χ4v) is 1.06. The molecular weight excluding hydrogens is 252 g/mol. The summed E-state index contributed by atoms with van der Waals surface area (Å²) in [5.74, 6) is -1.31. The van der Waals surface area contributed by atoms with Crippen LogP contribution in [-0.2, 0) is 4.74 Å². The number of aliphatic hydroxyl groups excluding tert-OH is 2. The van der Waals surface area contributed by atoms with Crippen LogP contribution in [0.5, 0.6) is 5.75 Å². The lowest BCUT2D eigenvalue weighted by Gasteiger charge is -2.06. The third-order valence-electron chi connectivity index (χ3n) is 1.85. The summed E-state index contributed by atoms with van der Waals surface area (Å²) < 4.78 is 4.86. The summed E-state index contributed by atoms with van der Waals surface area (Å²) in [6.45, 7) is 3.87. The number of benzene rings is 1. The van der Waals surface area contributed by atoms with Gasteiger partial charge in [-0.2, -0.15) is 0 Å². The van der Waals surface area contributed by atoms with E-state index in [1.54, 1.807) is 26.0 Å². The van der Waals surface area contributed by atoms with Gasteiger partial charge in [0.15, 0.2) is 0 Å². The Morgan fingerprint density at radius 1 is 1.16 bits per heavy atom. The zero-order chi connectivity index (χ0) is 14.8. The molecule has 0 bridgehead atoms. The summed E-state index contributed by atoms with van der Waals surface area (Å²) in [6.07, 6.45) is -0.882. The van der Waals surface area contributed by atoms with Gasteiger partial charge in [-0.25, -0.2) is 4.79 Å². The summed E-state index contributed by atoms with van der Waals surface area (Å²) in [5.41, 5.74) is -0.0671. The molecule has 108 valence electrons. The number of carbonyl (C=O) groups is 1. The zero-order valence-corrected chi connectivity index (χ0v) is 11.0. The Bertz CT molecular complexity index is 367. The molecule has 6 heteroatoms. The third-order valence-corrected chi connectivity index (χ3v) is 1.85. The molecule has 0 heterocycles. The molecule has 1 rings (SSSR count). The number of hydrogen-bond donors (Lipinski definition) is 4. The minimum absolute atomic E-state index is 0.0671. The van der Waals surface area contributed by atoms with Crippen molar-refractivity contribution in [3.8, 4) is 5.75 Å². The van der Waals surface area contributed by atoms with Crippen LogP contribution in [0.15, 0.2) is 24.3 Å². The molecule has 4 N–H and O–H groups in total. The van der Waals surface area contributed by atoms with Crippen molar-refractivity contribution in [2.45, 2.75) is 26.1 Å². The fourth-order valence-electron chi connectivity index (χ4n) is 1.06. The average Bonchev–Trinajstić information content (AvgIpc) is 2.29. The minimum atomic E-state index is -1.11. The van der Waals surface area contributed by atoms with E-state index in [9.17, 15) is 4.79 Å². The van der Waals surface area contributed by atoms with Crippen molar-refractivity contribution < 1.29 is 30.0 Å². The van der Waals surface area contributed by atoms with Gasteiger partial charge in [0.25, 0.3) is 0 Å². The topological polar surface area (TPSA) is 107 Å². The lowest BCUT2D eigenvalue weighted by molar-refractivity contribution is 0.00392. The molecule has 6 nitrogen and oxygen atoms in total. The van der Waals surface area contributed by atoms with Crippen LogP contribution in [0.25, 0.3) is 0 Å². The van der Waals surface area contributed by atoms with Crippen LogP contribution >= 0.6 is 0 Å². The first-order valence-electron chi connectivity index (χ1n) is 5.79. The van der Waals surface area contributed by atoms with Crippen LogP contribution in [-0.4, -0.2) is 51.8 Å². The lowest BCUT2D eigenvalue weighted by Crippen LogP contribution is -2.16. The first-order chi connectivity index (χ1) is 8.84. The number of rotatable bonds is 5. The van der Waals surface area contributed by atoms with Gasteiger partial charge in [0.2, 0.25) is 0 Å². The van der Waals surface area contributed by atoms with Crippen molar-refractivity contribution in [1.82, 2.24) is 0 Å². The molecular formula is C13H20O6. The molecule has 0 aromatic heterocycles. The smallest absolute Gasteiger partial charge is 0.339 e. The normalized spacial score (nSPS) is 13.1. The maximum absolute atomic E-state index is 10.3. The summed E-state index contributed by atoms with van der Waals surface area (Å²) >= 11 is 0. The Morgan fingerprint density at radius 2 is 1.63 bits per heavy atom. The van der Waals surface area contributed by atoms with Crippen molar-refractivity contribution in [2.24, 2.45) is 0 Å². The van der Waals surface area contributed by atoms with Crippen LogP contribution in [0, 0.1) is 0 Å². The molecule has 0 aliphatic carbocycles. The number of carboxylic acids is 1. The van der Waals surface area contributed by atoms with Gasteiger partial charge in [-0.3, -0.25) is 0 Å². The molecule has 0 fully saturated rings. The summed E-state index contributed by atoms with van der Waals surface area (Å²) in [7, 11) is 0. The standard InChI is InChI=1S/C7H6O3.C6H14O3/c8-6-4-2-1-3-5(6)7(9)10;1-5(7)3-9-4-6(2)8/h1-4,8H,(H,9,10);5-8H,3-4H2,1-2H3. The predicted octanol–water partition coefficient (Wildman–Crippen LogP) is 0.855. The van der Waals surface area contributed by atoms with E-state index < -0.39 is 18.2 Å². The van der Waals surface area contributed by atoms with E-state index >= 15 is 0 Å². The van der Waals surface area contributed by atoms with E-state index in [0.717, 1.165) is 0 Å². The quantitative estimate of drug-likeness (QED) is 0.633. The molecule has 0 saturated carbocycles. The Kier molecular flexibility index (Phi) is 8.52. The van der Waals surface area contributed by atoms with E-state index in [4.69, 9.17) is 25.2 Å². The third kappa shape index (κ3) is 9.01. The highest BCUT2D eigenvalue weighted by Gasteiger charge is 2.05. The van der Waals surface area contributed by atoms with Gasteiger partial charge in [-0.05, 0) is 26.0 Å². The largest absolute Gasteiger partial charge is 0.507 e. The van der Waals surface area contributed by atoms with E-state index in [-0.39, 0.29) is 11.3 Å². The lowest BCUT2D eigenvalue weighted by atomic mass is 10.2. The minimum Gasteiger partial charge on any atom is -0.507 e. The number of carboxylic acid groups (broad SMARTS) is 1. The Balaban J connectivity index is 0.000000344. The zero-order valence-electron chi connectivity index (χ0n) is 11.0. The van der Waals surface area contributed by atoms with Crippen molar-refractivity contribution in [3.63, 3.8) is 0 Å².